The molecule has 6 nitrogen and oxygen atoms in total. The molecule has 3 rings (SSSR count). The molecule has 2 aromatic rings. The molecular formula is C17H21N3O3S2. The topological polar surface area (TPSA) is 84.6 Å². The molecule has 1 aromatic heterocycles. The van der Waals surface area contributed by atoms with Crippen LogP contribution in [0.2, 0.25) is 0 Å². The van der Waals surface area contributed by atoms with Gasteiger partial charge in [-0.2, -0.15) is 17.9 Å². The van der Waals surface area contributed by atoms with Crippen LogP contribution in [0.3, 0.4) is 0 Å². The molecule has 1 N–H and O–H groups in total. The van der Waals surface area contributed by atoms with E-state index in [9.17, 15) is 9.00 Å². The molecule has 134 valence electrons. The van der Waals surface area contributed by atoms with Gasteiger partial charge in [0.15, 0.2) is 0 Å². The van der Waals surface area contributed by atoms with E-state index in [-0.39, 0.29) is 25.1 Å². The quantitative estimate of drug-likeness (QED) is 0.868. The van der Waals surface area contributed by atoms with Crippen molar-refractivity contribution in [2.75, 3.05) is 5.32 Å². The molecule has 1 amide bonds. The van der Waals surface area contributed by atoms with Gasteiger partial charge >= 0.3 is 0 Å². The molecule has 1 aromatic carbocycles. The number of nitrogens with one attached hydrogen (secondary N) is 1. The van der Waals surface area contributed by atoms with E-state index in [1.807, 2.05) is 52.8 Å². The Balaban J connectivity index is 0.00000225. The van der Waals surface area contributed by atoms with Crippen molar-refractivity contribution in [3.05, 3.63) is 35.2 Å². The fraction of sp³-hybridized carbons (Fsp3) is 0.353. The predicted molar refractivity (Wildman–Crippen MR) is 105 cm³/mol. The van der Waals surface area contributed by atoms with E-state index in [2.05, 4.69) is 14.9 Å². The van der Waals surface area contributed by atoms with Crippen LogP contribution in [-0.4, -0.2) is 25.7 Å². The second-order valence-electron chi connectivity index (χ2n) is 6.72. The average Bonchev–Trinajstić information content (AvgIpc) is 2.98. The van der Waals surface area contributed by atoms with Gasteiger partial charge in [-0.3, -0.25) is 4.79 Å². The van der Waals surface area contributed by atoms with Crippen molar-refractivity contribution in [2.24, 2.45) is 4.40 Å². The lowest BCUT2D eigenvalue weighted by Gasteiger charge is -2.13. The van der Waals surface area contributed by atoms with Crippen molar-refractivity contribution >= 4 is 41.8 Å². The van der Waals surface area contributed by atoms with Crippen molar-refractivity contribution in [1.82, 2.24) is 5.16 Å². The summed E-state index contributed by atoms with van der Waals surface area (Å²) in [4.78, 5) is 12.2. The molecular weight excluding hydrogens is 358 g/mol. The van der Waals surface area contributed by atoms with E-state index in [1.165, 1.54) is 0 Å². The zero-order valence-electron chi connectivity index (χ0n) is 14.8. The van der Waals surface area contributed by atoms with Gasteiger partial charge in [-0.25, -0.2) is 4.21 Å². The Kier molecular flexibility index (Phi) is 5.24. The lowest BCUT2D eigenvalue weighted by molar-refractivity contribution is -0.110. The first-order valence-electron chi connectivity index (χ1n) is 7.58. The van der Waals surface area contributed by atoms with Crippen LogP contribution >= 0.6 is 13.5 Å². The summed E-state index contributed by atoms with van der Waals surface area (Å²) in [5.41, 5.74) is 4.08. The maximum absolute atomic E-state index is 12.3. The van der Waals surface area contributed by atoms with E-state index >= 15 is 0 Å². The van der Waals surface area contributed by atoms with E-state index in [0.29, 0.717) is 17.0 Å². The number of aromatic nitrogens is 1. The number of hydrogen-bond acceptors (Lipinski definition) is 4. The summed E-state index contributed by atoms with van der Waals surface area (Å²) in [7, 11) is -1.51. The molecule has 0 bridgehead atoms. The van der Waals surface area contributed by atoms with Crippen LogP contribution in [-0.2, 0) is 15.8 Å². The first-order chi connectivity index (χ1) is 11.2. The van der Waals surface area contributed by atoms with Gasteiger partial charge in [0, 0.05) is 11.1 Å². The highest BCUT2D eigenvalue weighted by atomic mass is 32.2. The Labute approximate surface area is 156 Å². The van der Waals surface area contributed by atoms with Crippen molar-refractivity contribution in [1.29, 1.82) is 0 Å². The second kappa shape index (κ2) is 6.76. The third-order valence-corrected chi connectivity index (χ3v) is 5.15. The summed E-state index contributed by atoms with van der Waals surface area (Å²) in [5, 5.41) is 6.73. The molecule has 0 unspecified atom stereocenters. The monoisotopic (exact) mass is 379 g/mol. The summed E-state index contributed by atoms with van der Waals surface area (Å²) in [6.45, 7) is 9.17. The molecule has 8 heteroatoms. The van der Waals surface area contributed by atoms with E-state index in [1.54, 1.807) is 0 Å². The zero-order chi connectivity index (χ0) is 17.6. The number of hydrogen-bond donors (Lipinski definition) is 1. The smallest absolute Gasteiger partial charge is 0.275 e. The number of benzene rings is 1. The lowest BCUT2D eigenvalue weighted by atomic mass is 10.00. The molecule has 1 aliphatic rings. The lowest BCUT2D eigenvalue weighted by Crippen LogP contribution is -2.23. The van der Waals surface area contributed by atoms with Crippen LogP contribution in [0, 0.1) is 13.8 Å². The minimum Gasteiger partial charge on any atom is -0.361 e. The first kappa shape index (κ1) is 19.4. The molecule has 1 atom stereocenters. The third-order valence-electron chi connectivity index (χ3n) is 3.76. The van der Waals surface area contributed by atoms with Gasteiger partial charge in [0.2, 0.25) is 0 Å². The summed E-state index contributed by atoms with van der Waals surface area (Å²) < 4.78 is 21.2. The number of aryl methyl sites for hydroxylation is 2. The molecule has 2 heterocycles. The Bertz CT molecular complexity index is 876. The first-order valence-corrected chi connectivity index (χ1v) is 8.69. The highest BCUT2D eigenvalue weighted by Crippen LogP contribution is 2.33. The van der Waals surface area contributed by atoms with Crippen molar-refractivity contribution in [3.8, 4) is 11.1 Å². The fourth-order valence-electron chi connectivity index (χ4n) is 2.51. The molecule has 0 saturated heterocycles. The van der Waals surface area contributed by atoms with Gasteiger partial charge in [-0.05, 0) is 52.3 Å². The Morgan fingerprint density at radius 1 is 1.24 bits per heavy atom. The van der Waals surface area contributed by atoms with Gasteiger partial charge in [0.25, 0.3) is 5.91 Å². The number of nitrogens with zero attached hydrogens (tertiary/aromatic N) is 2. The van der Waals surface area contributed by atoms with Crippen LogP contribution < -0.4 is 5.32 Å². The van der Waals surface area contributed by atoms with Gasteiger partial charge in [0.1, 0.15) is 22.5 Å². The Morgan fingerprint density at radius 3 is 2.48 bits per heavy atom. The third kappa shape index (κ3) is 3.55. The maximum Gasteiger partial charge on any atom is 0.275 e. The van der Waals surface area contributed by atoms with E-state index in [0.717, 1.165) is 16.8 Å². The minimum atomic E-state index is -1.51. The largest absolute Gasteiger partial charge is 0.361 e. The molecule has 0 aliphatic carbocycles. The average molecular weight is 380 g/mol. The molecule has 0 radical (unpaired) electrons. The summed E-state index contributed by atoms with van der Waals surface area (Å²) in [6.07, 6.45) is 0. The standard InChI is InChI=1S/C17H19N3O3S.H2S/c1-9-14(10(2)23-19-9)11-6-7-13-12(8-11)15(16(21)18-13)20-24(22)17(3,4)5;/h6-8H,1-5H3,(H,18,20,21);1H2/t24-;/m0./s1. The van der Waals surface area contributed by atoms with E-state index < -0.39 is 15.7 Å². The van der Waals surface area contributed by atoms with Crippen LogP contribution in [0.1, 0.15) is 37.8 Å². The van der Waals surface area contributed by atoms with Gasteiger partial charge < -0.3 is 9.84 Å². The number of carbonyl (C=O) groups is 1. The number of anilines is 1. The molecule has 0 fully saturated rings. The summed E-state index contributed by atoms with van der Waals surface area (Å²) >= 11 is 0. The highest BCUT2D eigenvalue weighted by molar-refractivity contribution is 7.85. The predicted octanol–water partition coefficient (Wildman–Crippen LogP) is 3.27. The fourth-order valence-corrected chi connectivity index (χ4v) is 3.14. The van der Waals surface area contributed by atoms with Crippen LogP contribution in [0.4, 0.5) is 5.69 Å². The molecule has 0 saturated carbocycles. The maximum atomic E-state index is 12.3. The number of carbonyl (C=O) groups excluding carboxylic acids is 1. The number of rotatable bonds is 2. The van der Waals surface area contributed by atoms with Crippen LogP contribution in [0.15, 0.2) is 27.1 Å². The van der Waals surface area contributed by atoms with Crippen molar-refractivity contribution in [3.63, 3.8) is 0 Å². The SMILES string of the molecule is Cc1noc(C)c1-c1ccc2c(c1)C(=N[S@@](=O)C(C)(C)C)C(=O)N2.S. The van der Waals surface area contributed by atoms with Crippen molar-refractivity contribution in [2.45, 2.75) is 39.4 Å². The molecule has 0 spiro atoms. The minimum absolute atomic E-state index is 0. The van der Waals surface area contributed by atoms with Crippen LogP contribution in [0.25, 0.3) is 11.1 Å². The zero-order valence-corrected chi connectivity index (χ0v) is 16.6. The molecule has 25 heavy (non-hydrogen) atoms. The Hall–Kier alpha value is -1.93. The van der Waals surface area contributed by atoms with E-state index in [4.69, 9.17) is 4.52 Å². The number of amides is 1. The number of fused-ring (bicyclic) bond motifs is 1. The van der Waals surface area contributed by atoms with Crippen LogP contribution in [0.5, 0.6) is 0 Å². The molecule has 1 aliphatic heterocycles. The highest BCUT2D eigenvalue weighted by Gasteiger charge is 2.30. The van der Waals surface area contributed by atoms with Crippen molar-refractivity contribution < 1.29 is 13.5 Å². The van der Waals surface area contributed by atoms with Gasteiger partial charge in [-0.1, -0.05) is 11.2 Å². The summed E-state index contributed by atoms with van der Waals surface area (Å²) in [5.74, 6) is 0.375. The Morgan fingerprint density at radius 2 is 1.92 bits per heavy atom. The summed E-state index contributed by atoms with van der Waals surface area (Å²) in [6, 6.07) is 5.57. The van der Waals surface area contributed by atoms with Gasteiger partial charge in [-0.15, -0.1) is 0 Å². The normalized spacial score (nSPS) is 16.4. The second-order valence-corrected chi connectivity index (χ2v) is 8.62. The van der Waals surface area contributed by atoms with Gasteiger partial charge in [0.05, 0.1) is 16.1 Å².